The maximum atomic E-state index is 12.2. The molecule has 5 heteroatoms. The summed E-state index contributed by atoms with van der Waals surface area (Å²) in [5.74, 6) is -1.16. The minimum Gasteiger partial charge on any atom is -0.467 e. The summed E-state index contributed by atoms with van der Waals surface area (Å²) in [6, 6.07) is 15.0. The van der Waals surface area contributed by atoms with Gasteiger partial charge in [0.2, 0.25) is 5.91 Å². The molecular formula is C19H20N2O3. The number of fused-ring (bicyclic) bond motifs is 1. The van der Waals surface area contributed by atoms with Crippen LogP contribution in [0.4, 0.5) is 0 Å². The number of carbonyl (C=O) groups is 2. The van der Waals surface area contributed by atoms with E-state index in [1.165, 1.54) is 7.11 Å². The number of rotatable bonds is 6. The fourth-order valence-electron chi connectivity index (χ4n) is 2.54. The number of amides is 1. The molecule has 0 saturated heterocycles. The largest absolute Gasteiger partial charge is 0.467 e. The van der Waals surface area contributed by atoms with Gasteiger partial charge < -0.3 is 10.1 Å². The lowest BCUT2D eigenvalue weighted by atomic mass is 10.0. The van der Waals surface area contributed by atoms with E-state index in [4.69, 9.17) is 10.00 Å². The van der Waals surface area contributed by atoms with Crippen LogP contribution in [-0.4, -0.2) is 25.0 Å². The highest BCUT2D eigenvalue weighted by Crippen LogP contribution is 2.16. The van der Waals surface area contributed by atoms with Gasteiger partial charge in [-0.25, -0.2) is 4.79 Å². The number of hydrogen-bond acceptors (Lipinski definition) is 4. The molecule has 24 heavy (non-hydrogen) atoms. The van der Waals surface area contributed by atoms with Gasteiger partial charge in [-0.3, -0.25) is 4.79 Å². The third kappa shape index (κ3) is 4.56. The molecule has 0 aliphatic carbocycles. The highest BCUT2D eigenvalue weighted by molar-refractivity contribution is 5.87. The number of benzene rings is 2. The molecule has 0 spiro atoms. The number of carbonyl (C=O) groups excluding carboxylic acids is 2. The lowest BCUT2D eigenvalue weighted by molar-refractivity contribution is -0.145. The molecule has 0 radical (unpaired) electrons. The molecule has 2 aromatic carbocycles. The minimum absolute atomic E-state index is 0.166. The van der Waals surface area contributed by atoms with Gasteiger partial charge in [-0.15, -0.1) is 0 Å². The first-order chi connectivity index (χ1) is 11.5. The Morgan fingerprint density at radius 2 is 1.92 bits per heavy atom. The quantitative estimate of drug-likeness (QED) is 0.828. The van der Waals surface area contributed by atoms with Gasteiger partial charge >= 0.3 is 5.97 Å². The first-order valence-electron chi connectivity index (χ1n) is 7.78. The second-order valence-electron chi connectivity index (χ2n) is 5.77. The normalized spacial score (nSPS) is 12.9. The summed E-state index contributed by atoms with van der Waals surface area (Å²) in [5, 5.41) is 13.7. The first kappa shape index (κ1) is 17.5. The number of hydrogen-bond donors (Lipinski definition) is 1. The SMILES string of the molecule is COC(=O)[C@H](C[C@@H](C)C#N)NC(=O)Cc1ccc2ccccc2c1. The Balaban J connectivity index is 2.06. The molecule has 124 valence electrons. The molecule has 0 saturated carbocycles. The predicted octanol–water partition coefficient (Wildman–Crippen LogP) is 2.59. The van der Waals surface area contributed by atoms with Gasteiger partial charge in [-0.2, -0.15) is 5.26 Å². The van der Waals surface area contributed by atoms with Crippen molar-refractivity contribution < 1.29 is 14.3 Å². The highest BCUT2D eigenvalue weighted by atomic mass is 16.5. The van der Waals surface area contributed by atoms with E-state index >= 15 is 0 Å². The van der Waals surface area contributed by atoms with Gasteiger partial charge in [0.05, 0.1) is 19.6 Å². The Morgan fingerprint density at radius 3 is 2.58 bits per heavy atom. The van der Waals surface area contributed by atoms with Crippen molar-refractivity contribution in [3.63, 3.8) is 0 Å². The average Bonchev–Trinajstić information content (AvgIpc) is 2.60. The van der Waals surface area contributed by atoms with E-state index in [1.807, 2.05) is 42.5 Å². The minimum atomic E-state index is -0.808. The zero-order valence-electron chi connectivity index (χ0n) is 13.8. The zero-order valence-corrected chi connectivity index (χ0v) is 13.8. The molecule has 0 aromatic heterocycles. The van der Waals surface area contributed by atoms with E-state index < -0.39 is 12.0 Å². The Labute approximate surface area is 141 Å². The Bertz CT molecular complexity index is 780. The molecule has 0 aliphatic rings. The molecule has 0 heterocycles. The van der Waals surface area contributed by atoms with Crippen molar-refractivity contribution >= 4 is 22.6 Å². The molecular weight excluding hydrogens is 304 g/mol. The maximum Gasteiger partial charge on any atom is 0.328 e. The van der Waals surface area contributed by atoms with Crippen molar-refractivity contribution in [2.24, 2.45) is 5.92 Å². The van der Waals surface area contributed by atoms with E-state index in [0.29, 0.717) is 0 Å². The molecule has 5 nitrogen and oxygen atoms in total. The number of methoxy groups -OCH3 is 1. The Morgan fingerprint density at radius 1 is 1.21 bits per heavy atom. The molecule has 0 unspecified atom stereocenters. The summed E-state index contributed by atoms with van der Waals surface area (Å²) in [5.41, 5.74) is 0.864. The number of esters is 1. The highest BCUT2D eigenvalue weighted by Gasteiger charge is 2.23. The van der Waals surface area contributed by atoms with Gasteiger partial charge in [0.15, 0.2) is 0 Å². The van der Waals surface area contributed by atoms with E-state index in [1.54, 1.807) is 6.92 Å². The van der Waals surface area contributed by atoms with Crippen LogP contribution in [0.25, 0.3) is 10.8 Å². The van der Waals surface area contributed by atoms with Crippen molar-refractivity contribution in [3.05, 3.63) is 48.0 Å². The van der Waals surface area contributed by atoms with Gasteiger partial charge in [-0.05, 0) is 29.7 Å². The van der Waals surface area contributed by atoms with Crippen LogP contribution in [0, 0.1) is 17.2 Å². The van der Waals surface area contributed by atoms with Crippen LogP contribution in [-0.2, 0) is 20.7 Å². The van der Waals surface area contributed by atoms with Crippen LogP contribution < -0.4 is 5.32 Å². The van der Waals surface area contributed by atoms with Gasteiger partial charge in [0.1, 0.15) is 6.04 Å². The van der Waals surface area contributed by atoms with Crippen LogP contribution in [0.2, 0.25) is 0 Å². The van der Waals surface area contributed by atoms with Gasteiger partial charge in [0, 0.05) is 5.92 Å². The molecule has 2 atom stereocenters. The molecule has 0 fully saturated rings. The number of nitrogens with one attached hydrogen (secondary N) is 1. The summed E-state index contributed by atoms with van der Waals surface area (Å²) in [7, 11) is 1.27. The van der Waals surface area contributed by atoms with Crippen LogP contribution in [0.5, 0.6) is 0 Å². The summed E-state index contributed by atoms with van der Waals surface area (Å²) in [6.07, 6.45) is 0.395. The Kier molecular flexibility index (Phi) is 5.91. The maximum absolute atomic E-state index is 12.2. The molecule has 2 rings (SSSR count). The van der Waals surface area contributed by atoms with Crippen LogP contribution in [0.15, 0.2) is 42.5 Å². The molecule has 1 amide bonds. The van der Waals surface area contributed by atoms with Crippen molar-refractivity contribution in [1.29, 1.82) is 5.26 Å². The second kappa shape index (κ2) is 8.11. The molecule has 0 bridgehead atoms. The molecule has 0 aliphatic heterocycles. The summed E-state index contributed by atoms with van der Waals surface area (Å²) < 4.78 is 4.70. The lowest BCUT2D eigenvalue weighted by Crippen LogP contribution is -2.43. The van der Waals surface area contributed by atoms with Gasteiger partial charge in [0.25, 0.3) is 0 Å². The summed E-state index contributed by atoms with van der Waals surface area (Å²) >= 11 is 0. The van der Waals surface area contributed by atoms with Gasteiger partial charge in [-0.1, -0.05) is 42.5 Å². The monoisotopic (exact) mass is 324 g/mol. The van der Waals surface area contributed by atoms with Crippen molar-refractivity contribution in [1.82, 2.24) is 5.32 Å². The topological polar surface area (TPSA) is 79.2 Å². The fraction of sp³-hybridized carbons (Fsp3) is 0.316. The Hall–Kier alpha value is -2.87. The number of nitriles is 1. The fourth-order valence-corrected chi connectivity index (χ4v) is 2.54. The zero-order chi connectivity index (χ0) is 17.5. The van der Waals surface area contributed by atoms with Crippen molar-refractivity contribution in [3.8, 4) is 6.07 Å². The summed E-state index contributed by atoms with van der Waals surface area (Å²) in [4.78, 5) is 24.0. The van der Waals surface area contributed by atoms with Crippen LogP contribution >= 0.6 is 0 Å². The van der Waals surface area contributed by atoms with E-state index in [9.17, 15) is 9.59 Å². The van der Waals surface area contributed by atoms with Crippen LogP contribution in [0.1, 0.15) is 18.9 Å². The first-order valence-corrected chi connectivity index (χ1v) is 7.78. The van der Waals surface area contributed by atoms with Crippen molar-refractivity contribution in [2.45, 2.75) is 25.8 Å². The summed E-state index contributed by atoms with van der Waals surface area (Å²) in [6.45, 7) is 1.70. The third-order valence-electron chi connectivity index (χ3n) is 3.81. The number of ether oxygens (including phenoxy) is 1. The molecule has 2 aromatic rings. The predicted molar refractivity (Wildman–Crippen MR) is 91.0 cm³/mol. The average molecular weight is 324 g/mol. The third-order valence-corrected chi connectivity index (χ3v) is 3.81. The van der Waals surface area contributed by atoms with E-state index in [2.05, 4.69) is 11.4 Å². The second-order valence-corrected chi connectivity index (χ2v) is 5.77. The van der Waals surface area contributed by atoms with Crippen LogP contribution in [0.3, 0.4) is 0 Å². The van der Waals surface area contributed by atoms with Crippen molar-refractivity contribution in [2.75, 3.05) is 7.11 Å². The molecule has 1 N–H and O–H groups in total. The van der Waals surface area contributed by atoms with E-state index in [-0.39, 0.29) is 24.7 Å². The van der Waals surface area contributed by atoms with E-state index in [0.717, 1.165) is 16.3 Å². The number of nitrogens with zero attached hydrogens (tertiary/aromatic N) is 1. The standard InChI is InChI=1S/C19H20N2O3/c1-13(12-20)9-17(19(23)24-2)21-18(22)11-14-7-8-15-5-3-4-6-16(15)10-14/h3-8,10,13,17H,9,11H2,1-2H3,(H,21,22)/t13-,17+/m1/s1. The lowest BCUT2D eigenvalue weighted by Gasteiger charge is -2.17. The smallest absolute Gasteiger partial charge is 0.328 e.